The molecule has 2 aliphatic rings. The summed E-state index contributed by atoms with van der Waals surface area (Å²) in [6.07, 6.45) is 5.87. The molecule has 4 atom stereocenters. The third-order valence-corrected chi connectivity index (χ3v) is 8.64. The quantitative estimate of drug-likeness (QED) is 0.353. The van der Waals surface area contributed by atoms with E-state index in [0.29, 0.717) is 25.1 Å². The highest BCUT2D eigenvalue weighted by Gasteiger charge is 2.39. The summed E-state index contributed by atoms with van der Waals surface area (Å²) < 4.78 is 5.75. The fourth-order valence-electron chi connectivity index (χ4n) is 5.77. The molecule has 10 nitrogen and oxygen atoms in total. The van der Waals surface area contributed by atoms with E-state index in [2.05, 4.69) is 27.6 Å². The fourth-order valence-corrected chi connectivity index (χ4v) is 5.77. The molecule has 43 heavy (non-hydrogen) atoms. The van der Waals surface area contributed by atoms with Gasteiger partial charge in [-0.3, -0.25) is 24.2 Å². The molecule has 232 valence electrons. The van der Waals surface area contributed by atoms with Gasteiger partial charge >= 0.3 is 5.97 Å². The van der Waals surface area contributed by atoms with Crippen molar-refractivity contribution in [1.29, 1.82) is 0 Å². The number of carbonyl (C=O) groups is 4. The number of hydrogen-bond donors (Lipinski definition) is 3. The van der Waals surface area contributed by atoms with E-state index >= 15 is 0 Å². The van der Waals surface area contributed by atoms with Crippen LogP contribution in [0.25, 0.3) is 17.0 Å². The lowest BCUT2D eigenvalue weighted by Gasteiger charge is -2.35. The lowest BCUT2D eigenvalue weighted by Crippen LogP contribution is -2.61. The molecule has 1 aromatic heterocycles. The maximum Gasteiger partial charge on any atom is 0.325 e. The zero-order valence-corrected chi connectivity index (χ0v) is 25.9. The van der Waals surface area contributed by atoms with Gasteiger partial charge in [-0.15, -0.1) is 0 Å². The minimum atomic E-state index is -0.865. The van der Waals surface area contributed by atoms with Crippen LogP contribution in [0.4, 0.5) is 0 Å². The molecule has 0 bridgehead atoms. The summed E-state index contributed by atoms with van der Waals surface area (Å²) in [6, 6.07) is 7.30. The maximum absolute atomic E-state index is 13.3. The number of esters is 1. The van der Waals surface area contributed by atoms with E-state index in [9.17, 15) is 19.2 Å². The van der Waals surface area contributed by atoms with E-state index < -0.39 is 41.5 Å². The van der Waals surface area contributed by atoms with Crippen molar-refractivity contribution in [2.45, 2.75) is 97.4 Å². The number of ether oxygens (including phenoxy) is 1. The summed E-state index contributed by atoms with van der Waals surface area (Å²) in [5.74, 6) is -1.54. The molecule has 0 spiro atoms. The number of pyridine rings is 1. The molecular weight excluding hydrogens is 546 g/mol. The van der Waals surface area contributed by atoms with Crippen molar-refractivity contribution in [3.05, 3.63) is 48.2 Å². The lowest BCUT2D eigenvalue weighted by molar-refractivity contribution is -0.157. The summed E-state index contributed by atoms with van der Waals surface area (Å²) in [6.45, 7) is 13.2. The predicted octanol–water partition coefficient (Wildman–Crippen LogP) is 4.20. The van der Waals surface area contributed by atoms with Crippen LogP contribution in [-0.2, 0) is 23.9 Å². The molecule has 3 N–H and O–H groups in total. The van der Waals surface area contributed by atoms with Crippen molar-refractivity contribution in [2.75, 3.05) is 6.54 Å². The van der Waals surface area contributed by atoms with Gasteiger partial charge < -0.3 is 15.4 Å². The minimum Gasteiger partial charge on any atom is -0.455 e. The van der Waals surface area contributed by atoms with Crippen LogP contribution in [0.2, 0.25) is 0 Å². The summed E-state index contributed by atoms with van der Waals surface area (Å²) in [5, 5.41) is 8.05. The molecule has 10 heteroatoms. The zero-order chi connectivity index (χ0) is 31.3. The standard InChI is InChI=1S/C33H45N5O5/c1-7-23-12-13-24-14-15-25(35-27(24)19-23)22(5)43-31(41)26-11-10-18-38(37-26)30(40)21(4)34-29(39)28(20(2)3)36-32(42)33(6)16-8-9-17-33/h7,12-15,19-22,26,28,37H,1,8-11,16-18H2,2-6H3,(H,34,39)(H,36,42)/t21-,22+,26-,28-/m0/s1. The fraction of sp³-hybridized carbons (Fsp3) is 0.545. The molecule has 2 aromatic rings. The van der Waals surface area contributed by atoms with Gasteiger partial charge in [0, 0.05) is 17.3 Å². The Morgan fingerprint density at radius 2 is 1.77 bits per heavy atom. The third kappa shape index (κ3) is 7.60. The largest absolute Gasteiger partial charge is 0.455 e. The summed E-state index contributed by atoms with van der Waals surface area (Å²) in [4.78, 5) is 57.2. The normalized spacial score (nSPS) is 20.2. The number of aromatic nitrogens is 1. The second-order valence-electron chi connectivity index (χ2n) is 12.5. The van der Waals surface area contributed by atoms with Crippen LogP contribution in [0.3, 0.4) is 0 Å². The molecule has 1 saturated heterocycles. The Morgan fingerprint density at radius 3 is 2.44 bits per heavy atom. The van der Waals surface area contributed by atoms with Gasteiger partial charge in [0.25, 0.3) is 5.91 Å². The SMILES string of the molecule is C=Cc1ccc2ccc([C@@H](C)OC(=O)[C@@H]3CCCN(C(=O)[C@H](C)NC(=O)[C@@H](NC(=O)C4(C)CCCC4)C(C)C)N3)nc2c1. The van der Waals surface area contributed by atoms with Gasteiger partial charge in [-0.1, -0.05) is 64.5 Å². The highest BCUT2D eigenvalue weighted by molar-refractivity contribution is 5.93. The topological polar surface area (TPSA) is 130 Å². The monoisotopic (exact) mass is 591 g/mol. The summed E-state index contributed by atoms with van der Waals surface area (Å²) in [7, 11) is 0. The summed E-state index contributed by atoms with van der Waals surface area (Å²) >= 11 is 0. The Morgan fingerprint density at radius 1 is 1.07 bits per heavy atom. The number of carbonyl (C=O) groups excluding carboxylic acids is 4. The molecule has 4 rings (SSSR count). The smallest absolute Gasteiger partial charge is 0.325 e. The van der Waals surface area contributed by atoms with Crippen LogP contribution in [0.15, 0.2) is 36.9 Å². The van der Waals surface area contributed by atoms with Crippen LogP contribution in [-0.4, -0.2) is 58.4 Å². The molecule has 2 fully saturated rings. The number of nitrogens with zero attached hydrogens (tertiary/aromatic N) is 2. The number of nitrogens with one attached hydrogen (secondary N) is 3. The highest BCUT2D eigenvalue weighted by atomic mass is 16.5. The van der Waals surface area contributed by atoms with Crippen molar-refractivity contribution >= 4 is 40.7 Å². The van der Waals surface area contributed by atoms with Crippen molar-refractivity contribution in [1.82, 2.24) is 26.1 Å². The summed E-state index contributed by atoms with van der Waals surface area (Å²) in [5.41, 5.74) is 4.88. The van der Waals surface area contributed by atoms with Gasteiger partial charge in [0.2, 0.25) is 11.8 Å². The molecular formula is C33H45N5O5. The van der Waals surface area contributed by atoms with Crippen molar-refractivity contribution in [2.24, 2.45) is 11.3 Å². The van der Waals surface area contributed by atoms with Crippen LogP contribution in [0.5, 0.6) is 0 Å². The average molecular weight is 592 g/mol. The highest BCUT2D eigenvalue weighted by Crippen LogP contribution is 2.37. The van der Waals surface area contributed by atoms with Crippen molar-refractivity contribution in [3.8, 4) is 0 Å². The molecule has 1 saturated carbocycles. The number of hydrazine groups is 1. The molecule has 1 aliphatic heterocycles. The number of rotatable bonds is 10. The van der Waals surface area contributed by atoms with Crippen molar-refractivity contribution < 1.29 is 23.9 Å². The number of hydrogen-bond acceptors (Lipinski definition) is 7. The first kappa shape index (κ1) is 32.1. The maximum atomic E-state index is 13.3. The Balaban J connectivity index is 1.33. The first-order valence-electron chi connectivity index (χ1n) is 15.3. The Kier molecular flexibility index (Phi) is 10.2. The van der Waals surface area contributed by atoms with Crippen LogP contribution >= 0.6 is 0 Å². The van der Waals surface area contributed by atoms with Gasteiger partial charge in [0.15, 0.2) is 0 Å². The van der Waals surface area contributed by atoms with Gasteiger partial charge in [0.05, 0.1) is 11.2 Å². The predicted molar refractivity (Wildman–Crippen MR) is 165 cm³/mol. The molecule has 0 unspecified atom stereocenters. The van der Waals surface area contributed by atoms with E-state index in [-0.39, 0.29) is 17.7 Å². The van der Waals surface area contributed by atoms with E-state index in [0.717, 1.165) is 42.1 Å². The van der Waals surface area contributed by atoms with Gasteiger partial charge in [0.1, 0.15) is 24.2 Å². The van der Waals surface area contributed by atoms with Gasteiger partial charge in [-0.2, -0.15) is 0 Å². The third-order valence-electron chi connectivity index (χ3n) is 8.64. The second kappa shape index (κ2) is 13.7. The van der Waals surface area contributed by atoms with Crippen LogP contribution in [0, 0.1) is 11.3 Å². The lowest BCUT2D eigenvalue weighted by atomic mass is 9.87. The Hall–Kier alpha value is -3.79. The molecule has 1 aromatic carbocycles. The second-order valence-corrected chi connectivity index (χ2v) is 12.5. The molecule has 0 radical (unpaired) electrons. The molecule has 2 heterocycles. The van der Waals surface area contributed by atoms with E-state index in [1.165, 1.54) is 5.01 Å². The van der Waals surface area contributed by atoms with Crippen LogP contribution in [0.1, 0.15) is 90.5 Å². The average Bonchev–Trinajstić information content (AvgIpc) is 3.45. The minimum absolute atomic E-state index is 0.119. The Labute approximate surface area is 254 Å². The molecule has 1 aliphatic carbocycles. The van der Waals surface area contributed by atoms with E-state index in [4.69, 9.17) is 4.74 Å². The van der Waals surface area contributed by atoms with Crippen molar-refractivity contribution in [3.63, 3.8) is 0 Å². The van der Waals surface area contributed by atoms with E-state index in [1.54, 1.807) is 19.9 Å². The van der Waals surface area contributed by atoms with Gasteiger partial charge in [-0.05, 0) is 63.1 Å². The first-order valence-corrected chi connectivity index (χ1v) is 15.3. The van der Waals surface area contributed by atoms with Crippen LogP contribution < -0.4 is 16.1 Å². The number of benzene rings is 1. The zero-order valence-electron chi connectivity index (χ0n) is 25.9. The Bertz CT molecular complexity index is 1370. The number of fused-ring (bicyclic) bond motifs is 1. The van der Waals surface area contributed by atoms with E-state index in [1.807, 2.05) is 51.1 Å². The van der Waals surface area contributed by atoms with Gasteiger partial charge in [-0.25, -0.2) is 10.4 Å². The first-order chi connectivity index (χ1) is 20.4. The number of amides is 3. The molecule has 3 amide bonds.